The maximum absolute atomic E-state index is 15.6. The first-order valence-corrected chi connectivity index (χ1v) is 13.1. The topological polar surface area (TPSA) is 50.4 Å². The standard InChI is InChI=1S/C30H30F2N6/c1-16-10-19(14-38-17(2)6-5-7-23(16)38)20-12-34-30-26(25-27(32)21(31)11-22(33-3)28(25)35-30)29(20)37-9-8-18-13-36(4)15-24(18)37/h5-7,10-12,14,18,24,33H,2,8-9,13,15H2,1,3-4H3,(H,34,35). The lowest BCUT2D eigenvalue weighted by molar-refractivity contribution is 0.386. The van der Waals surface area contributed by atoms with E-state index in [1.54, 1.807) is 7.05 Å². The van der Waals surface area contributed by atoms with Crippen molar-refractivity contribution in [3.05, 3.63) is 83.5 Å². The lowest BCUT2D eigenvalue weighted by atomic mass is 9.95. The van der Waals surface area contributed by atoms with Crippen molar-refractivity contribution in [1.29, 1.82) is 0 Å². The van der Waals surface area contributed by atoms with Crippen LogP contribution in [-0.4, -0.2) is 59.5 Å². The molecule has 4 aliphatic rings. The fourth-order valence-corrected chi connectivity index (χ4v) is 6.77. The van der Waals surface area contributed by atoms with Crippen molar-refractivity contribution >= 4 is 38.9 Å². The zero-order chi connectivity index (χ0) is 26.3. The van der Waals surface area contributed by atoms with Crippen LogP contribution in [0.15, 0.2) is 66.3 Å². The number of anilines is 2. The van der Waals surface area contributed by atoms with Gasteiger partial charge in [0.05, 0.1) is 27.7 Å². The van der Waals surface area contributed by atoms with Gasteiger partial charge >= 0.3 is 0 Å². The average Bonchev–Trinajstić information content (AvgIpc) is 3.58. The molecule has 2 unspecified atom stereocenters. The van der Waals surface area contributed by atoms with Gasteiger partial charge in [-0.05, 0) is 50.1 Å². The van der Waals surface area contributed by atoms with Gasteiger partial charge in [-0.3, -0.25) is 0 Å². The molecule has 6 heterocycles. The Morgan fingerprint density at radius 2 is 2.05 bits per heavy atom. The summed E-state index contributed by atoms with van der Waals surface area (Å²) in [7, 11) is 3.86. The Labute approximate surface area is 220 Å². The van der Waals surface area contributed by atoms with E-state index in [1.165, 1.54) is 6.07 Å². The zero-order valence-corrected chi connectivity index (χ0v) is 21.8. The maximum atomic E-state index is 15.6. The van der Waals surface area contributed by atoms with E-state index < -0.39 is 11.6 Å². The molecule has 0 bridgehead atoms. The van der Waals surface area contributed by atoms with Crippen LogP contribution in [0.25, 0.3) is 27.5 Å². The number of aromatic nitrogens is 2. The Morgan fingerprint density at radius 1 is 1.21 bits per heavy atom. The van der Waals surface area contributed by atoms with Crippen LogP contribution >= 0.6 is 0 Å². The van der Waals surface area contributed by atoms with E-state index in [1.807, 2.05) is 18.3 Å². The fraction of sp³-hybridized carbons (Fsp3) is 0.300. The lowest BCUT2D eigenvalue weighted by Crippen LogP contribution is -2.35. The predicted molar refractivity (Wildman–Crippen MR) is 150 cm³/mol. The molecule has 1 aromatic carbocycles. The van der Waals surface area contributed by atoms with E-state index in [0.717, 1.165) is 59.8 Å². The molecule has 0 saturated carbocycles. The largest absolute Gasteiger partial charge is 0.386 e. The molecule has 2 atom stereocenters. The summed E-state index contributed by atoms with van der Waals surface area (Å²) in [6.07, 6.45) is 13.2. The minimum Gasteiger partial charge on any atom is -0.386 e. The van der Waals surface area contributed by atoms with Crippen molar-refractivity contribution in [2.75, 3.05) is 43.9 Å². The van der Waals surface area contributed by atoms with Crippen molar-refractivity contribution in [3.63, 3.8) is 0 Å². The number of halogens is 2. The maximum Gasteiger partial charge on any atom is 0.169 e. The van der Waals surface area contributed by atoms with Crippen LogP contribution < -0.4 is 10.2 Å². The van der Waals surface area contributed by atoms with E-state index in [4.69, 9.17) is 4.98 Å². The number of benzene rings is 1. The number of fused-ring (bicyclic) bond motifs is 5. The first-order valence-electron chi connectivity index (χ1n) is 13.1. The van der Waals surface area contributed by atoms with Crippen LogP contribution in [0, 0.1) is 17.6 Å². The van der Waals surface area contributed by atoms with Crippen LogP contribution in [-0.2, 0) is 0 Å². The van der Waals surface area contributed by atoms with Gasteiger partial charge in [0.2, 0.25) is 0 Å². The molecule has 194 valence electrons. The molecular formula is C30H30F2N6. The first-order chi connectivity index (χ1) is 18.4. The van der Waals surface area contributed by atoms with Crippen LogP contribution in [0.3, 0.4) is 0 Å². The lowest BCUT2D eigenvalue weighted by Gasteiger charge is -2.33. The van der Waals surface area contributed by atoms with E-state index in [2.05, 4.69) is 63.9 Å². The number of likely N-dealkylation sites (N-methyl/N-ethyl adjacent to an activating group) is 1. The Bertz CT molecular complexity index is 1660. The molecule has 2 N–H and O–H groups in total. The molecule has 6 nitrogen and oxygen atoms in total. The number of allylic oxidation sites excluding steroid dienone is 6. The third-order valence-electron chi connectivity index (χ3n) is 8.52. The van der Waals surface area contributed by atoms with Crippen LogP contribution in [0.4, 0.5) is 20.2 Å². The number of rotatable bonds is 3. The van der Waals surface area contributed by atoms with Gasteiger partial charge in [0, 0.05) is 73.7 Å². The summed E-state index contributed by atoms with van der Waals surface area (Å²) < 4.78 is 30.5. The molecule has 7 rings (SSSR count). The quantitative estimate of drug-likeness (QED) is 0.468. The second kappa shape index (κ2) is 8.30. The predicted octanol–water partition coefficient (Wildman–Crippen LogP) is 5.75. The normalized spacial score (nSPS) is 23.2. The summed E-state index contributed by atoms with van der Waals surface area (Å²) in [4.78, 5) is 14.9. The van der Waals surface area contributed by atoms with Crippen LogP contribution in [0.1, 0.15) is 18.9 Å². The Hall–Kier alpha value is -3.91. The highest BCUT2D eigenvalue weighted by molar-refractivity contribution is 6.17. The molecule has 0 aliphatic carbocycles. The van der Waals surface area contributed by atoms with Gasteiger partial charge in [0.25, 0.3) is 0 Å². The van der Waals surface area contributed by atoms with Gasteiger partial charge in [-0.2, -0.15) is 0 Å². The molecule has 3 aromatic rings. The molecule has 38 heavy (non-hydrogen) atoms. The molecular weight excluding hydrogens is 482 g/mol. The summed E-state index contributed by atoms with van der Waals surface area (Å²) in [6, 6.07) is 1.50. The number of aromatic amines is 1. The summed E-state index contributed by atoms with van der Waals surface area (Å²) in [5, 5.41) is 3.89. The number of hydrogen-bond donors (Lipinski definition) is 2. The number of likely N-dealkylation sites (tertiary alicyclic amines) is 1. The summed E-state index contributed by atoms with van der Waals surface area (Å²) in [5.41, 5.74) is 7.43. The van der Waals surface area contributed by atoms with Crippen molar-refractivity contribution in [1.82, 2.24) is 19.8 Å². The number of H-pyrrole nitrogens is 1. The van der Waals surface area contributed by atoms with E-state index >= 15 is 4.39 Å². The van der Waals surface area contributed by atoms with Crippen LogP contribution in [0.5, 0.6) is 0 Å². The molecule has 2 fully saturated rings. The second-order valence-electron chi connectivity index (χ2n) is 10.8. The van der Waals surface area contributed by atoms with Gasteiger partial charge in [0.15, 0.2) is 11.6 Å². The monoisotopic (exact) mass is 512 g/mol. The fourth-order valence-electron chi connectivity index (χ4n) is 6.77. The third kappa shape index (κ3) is 3.22. The van der Waals surface area contributed by atoms with E-state index in [0.29, 0.717) is 34.2 Å². The van der Waals surface area contributed by atoms with Gasteiger partial charge in [-0.25, -0.2) is 13.8 Å². The van der Waals surface area contributed by atoms with Crippen molar-refractivity contribution < 1.29 is 8.78 Å². The van der Waals surface area contributed by atoms with Crippen molar-refractivity contribution in [3.8, 4) is 0 Å². The number of hydrogen-bond acceptors (Lipinski definition) is 5. The molecule has 2 aromatic heterocycles. The highest BCUT2D eigenvalue weighted by Gasteiger charge is 2.42. The SMILES string of the molecule is C=C1C=CC=C2C(C)=CC(c3cnc4[nH]c5c(NC)cc(F)c(F)c5c4c3N3CCC4CN(C)CC43)=CN12. The van der Waals surface area contributed by atoms with E-state index in [9.17, 15) is 4.39 Å². The van der Waals surface area contributed by atoms with Crippen LogP contribution in [0.2, 0.25) is 0 Å². The summed E-state index contributed by atoms with van der Waals surface area (Å²) in [5.74, 6) is -1.19. The van der Waals surface area contributed by atoms with Gasteiger partial charge in [-0.15, -0.1) is 0 Å². The van der Waals surface area contributed by atoms with Gasteiger partial charge in [0.1, 0.15) is 5.65 Å². The molecule has 0 amide bonds. The summed E-state index contributed by atoms with van der Waals surface area (Å²) in [6.45, 7) is 9.15. The Kier molecular flexibility index (Phi) is 5.07. The van der Waals surface area contributed by atoms with E-state index in [-0.39, 0.29) is 5.39 Å². The molecule has 8 heteroatoms. The second-order valence-corrected chi connectivity index (χ2v) is 10.8. The zero-order valence-electron chi connectivity index (χ0n) is 21.8. The summed E-state index contributed by atoms with van der Waals surface area (Å²) >= 11 is 0. The van der Waals surface area contributed by atoms with Gasteiger partial charge < -0.3 is 25.0 Å². The smallest absolute Gasteiger partial charge is 0.169 e. The highest BCUT2D eigenvalue weighted by Crippen LogP contribution is 2.47. The molecule has 4 aliphatic heterocycles. The Morgan fingerprint density at radius 3 is 2.87 bits per heavy atom. The number of pyridine rings is 1. The van der Waals surface area contributed by atoms with Crippen molar-refractivity contribution in [2.24, 2.45) is 5.92 Å². The van der Waals surface area contributed by atoms with Gasteiger partial charge in [-0.1, -0.05) is 12.7 Å². The minimum absolute atomic E-state index is 0.242. The number of nitrogens with zero attached hydrogens (tertiary/aromatic N) is 4. The van der Waals surface area contributed by atoms with Crippen molar-refractivity contribution in [2.45, 2.75) is 19.4 Å². The molecule has 2 saturated heterocycles. The average molecular weight is 513 g/mol. The highest BCUT2D eigenvalue weighted by atomic mass is 19.2. The molecule has 0 radical (unpaired) electrons. The number of nitrogens with one attached hydrogen (secondary N) is 2. The third-order valence-corrected chi connectivity index (χ3v) is 8.52. The minimum atomic E-state index is -0.877. The Balaban J connectivity index is 1.54. The molecule has 0 spiro atoms. The first kappa shape index (κ1) is 23.2.